The number of carbonyl (C=O) groups is 3. The van der Waals surface area contributed by atoms with Crippen molar-refractivity contribution in [2.24, 2.45) is 0 Å². The first-order valence-corrected chi connectivity index (χ1v) is 35.9. The molecule has 0 aromatic carbocycles. The van der Waals surface area contributed by atoms with Gasteiger partial charge in [0.05, 0.1) is 0 Å². The van der Waals surface area contributed by atoms with Crippen LogP contribution in [-0.4, -0.2) is 37.2 Å². The molecule has 0 aliphatic rings. The van der Waals surface area contributed by atoms with E-state index in [0.29, 0.717) is 19.3 Å². The number of rotatable bonds is 66. The van der Waals surface area contributed by atoms with Crippen LogP contribution in [0, 0.1) is 0 Å². The van der Waals surface area contributed by atoms with E-state index in [1.54, 1.807) is 0 Å². The highest BCUT2D eigenvalue weighted by Gasteiger charge is 2.19. The number of carbonyl (C=O) groups excluding carboxylic acids is 3. The first kappa shape index (κ1) is 78.8. The Morgan fingerprint density at radius 1 is 0.256 bits per heavy atom. The second-order valence-corrected chi connectivity index (χ2v) is 24.1. The van der Waals surface area contributed by atoms with Crippen LogP contribution in [0.3, 0.4) is 0 Å². The first-order chi connectivity index (χ1) is 40.5. The molecule has 0 N–H and O–H groups in total. The Kier molecular flexibility index (Phi) is 67.6. The summed E-state index contributed by atoms with van der Waals surface area (Å²) in [4.78, 5) is 38.3. The van der Waals surface area contributed by atoms with Crippen molar-refractivity contribution in [3.05, 3.63) is 72.9 Å². The van der Waals surface area contributed by atoms with Crippen molar-refractivity contribution >= 4 is 17.9 Å². The lowest BCUT2D eigenvalue weighted by Crippen LogP contribution is -2.30. The molecule has 6 heteroatoms. The topological polar surface area (TPSA) is 78.9 Å². The molecular formula is C76H136O6. The maximum absolute atomic E-state index is 12.9. The standard InChI is InChI=1S/C76H136O6/c1-4-7-10-13-16-19-21-23-25-27-29-31-33-35-36-37-38-39-40-42-43-45-47-49-51-53-55-57-60-63-66-69-75(78)81-72-73(71-80-74(77)68-65-62-59-18-15-12-9-6-3)82-76(79)70-67-64-61-58-56-54-52-50-48-46-44-41-34-32-30-28-26-24-22-20-17-14-11-8-5-2/h8,11,17,20,24,26-27,29-30,32,41,44,73H,4-7,9-10,12-16,18-19,21-23,25,28,31,33-40,42-43,45-72H2,1-3H3/b11-8-,20-17-,26-24-,29-27-,32-30-,44-41-. The molecule has 0 spiro atoms. The number of ether oxygens (including phenoxy) is 3. The highest BCUT2D eigenvalue weighted by molar-refractivity contribution is 5.71. The molecule has 0 rings (SSSR count). The van der Waals surface area contributed by atoms with Gasteiger partial charge in [-0.1, -0.05) is 338 Å². The van der Waals surface area contributed by atoms with E-state index in [-0.39, 0.29) is 31.1 Å². The quantitative estimate of drug-likeness (QED) is 0.0261. The molecule has 0 aliphatic heterocycles. The number of hydrogen-bond acceptors (Lipinski definition) is 6. The SMILES string of the molecule is CC/C=C\C/C=C\C/C=C\C/C=C\C/C=C\CCCCCCCCCCCC(=O)OC(COC(=O)CCCCCCCCCC)COC(=O)CCCCCCCCCCCCCCCCCCCCC/C=C\CCCCCCCCCC. The van der Waals surface area contributed by atoms with E-state index >= 15 is 0 Å². The van der Waals surface area contributed by atoms with E-state index in [1.165, 1.54) is 238 Å². The Hall–Kier alpha value is -3.15. The summed E-state index contributed by atoms with van der Waals surface area (Å²) in [6, 6.07) is 0. The largest absolute Gasteiger partial charge is 0.462 e. The molecule has 0 saturated heterocycles. The monoisotopic (exact) mass is 1150 g/mol. The van der Waals surface area contributed by atoms with Crippen LogP contribution in [0.1, 0.15) is 374 Å². The van der Waals surface area contributed by atoms with Gasteiger partial charge in [0.2, 0.25) is 0 Å². The summed E-state index contributed by atoms with van der Waals surface area (Å²) < 4.78 is 16.9. The minimum absolute atomic E-state index is 0.0734. The van der Waals surface area contributed by atoms with Crippen LogP contribution < -0.4 is 0 Å². The summed E-state index contributed by atoms with van der Waals surface area (Å²) in [5, 5.41) is 0. The number of esters is 3. The van der Waals surface area contributed by atoms with E-state index in [2.05, 4.69) is 93.7 Å². The highest BCUT2D eigenvalue weighted by atomic mass is 16.6. The molecule has 0 fully saturated rings. The molecule has 6 nitrogen and oxygen atoms in total. The fraction of sp³-hybridized carbons (Fsp3) is 0.803. The van der Waals surface area contributed by atoms with E-state index < -0.39 is 6.10 Å². The molecule has 476 valence electrons. The lowest BCUT2D eigenvalue weighted by molar-refractivity contribution is -0.167. The fourth-order valence-electron chi connectivity index (χ4n) is 10.6. The molecule has 0 aliphatic carbocycles. The molecule has 0 amide bonds. The van der Waals surface area contributed by atoms with Crippen LogP contribution in [0.4, 0.5) is 0 Å². The minimum atomic E-state index is -0.776. The molecule has 0 bridgehead atoms. The summed E-state index contributed by atoms with van der Waals surface area (Å²) in [6.45, 7) is 6.54. The van der Waals surface area contributed by atoms with Gasteiger partial charge in [-0.25, -0.2) is 0 Å². The third-order valence-corrected chi connectivity index (χ3v) is 15.9. The van der Waals surface area contributed by atoms with Gasteiger partial charge in [-0.2, -0.15) is 0 Å². The predicted molar refractivity (Wildman–Crippen MR) is 358 cm³/mol. The Labute approximate surface area is 510 Å². The molecule has 1 atom stereocenters. The Morgan fingerprint density at radius 2 is 0.476 bits per heavy atom. The van der Waals surface area contributed by atoms with Crippen LogP contribution >= 0.6 is 0 Å². The number of unbranched alkanes of at least 4 members (excludes halogenated alkanes) is 43. The molecule has 0 heterocycles. The van der Waals surface area contributed by atoms with Crippen LogP contribution in [0.25, 0.3) is 0 Å². The zero-order valence-corrected chi connectivity index (χ0v) is 54.8. The maximum atomic E-state index is 12.9. The molecular weight excluding hydrogens is 1010 g/mol. The molecule has 82 heavy (non-hydrogen) atoms. The molecule has 0 aromatic rings. The van der Waals surface area contributed by atoms with Gasteiger partial charge in [0.15, 0.2) is 6.10 Å². The van der Waals surface area contributed by atoms with Crippen molar-refractivity contribution in [2.45, 2.75) is 380 Å². The second kappa shape index (κ2) is 70.3. The van der Waals surface area contributed by atoms with Crippen molar-refractivity contribution in [1.82, 2.24) is 0 Å². The average Bonchev–Trinajstić information content (AvgIpc) is 3.48. The first-order valence-electron chi connectivity index (χ1n) is 35.9. The third-order valence-electron chi connectivity index (χ3n) is 15.9. The number of hydrogen-bond donors (Lipinski definition) is 0. The van der Waals surface area contributed by atoms with Gasteiger partial charge in [0.25, 0.3) is 0 Å². The fourth-order valence-corrected chi connectivity index (χ4v) is 10.6. The van der Waals surface area contributed by atoms with Gasteiger partial charge < -0.3 is 14.2 Å². The van der Waals surface area contributed by atoms with Gasteiger partial charge in [-0.3, -0.25) is 14.4 Å². The van der Waals surface area contributed by atoms with E-state index in [0.717, 1.165) is 96.3 Å². The lowest BCUT2D eigenvalue weighted by Gasteiger charge is -2.18. The Balaban J connectivity index is 4.07. The summed E-state index contributed by atoms with van der Waals surface area (Å²) in [5.74, 6) is -0.864. The summed E-state index contributed by atoms with van der Waals surface area (Å²) in [7, 11) is 0. The maximum Gasteiger partial charge on any atom is 0.306 e. The summed E-state index contributed by atoms with van der Waals surface area (Å²) in [5.41, 5.74) is 0. The van der Waals surface area contributed by atoms with E-state index in [4.69, 9.17) is 14.2 Å². The molecule has 0 radical (unpaired) electrons. The second-order valence-electron chi connectivity index (χ2n) is 24.1. The van der Waals surface area contributed by atoms with Gasteiger partial charge in [0.1, 0.15) is 13.2 Å². The summed E-state index contributed by atoms with van der Waals surface area (Å²) >= 11 is 0. The Morgan fingerprint density at radius 3 is 0.756 bits per heavy atom. The molecule has 0 aromatic heterocycles. The highest BCUT2D eigenvalue weighted by Crippen LogP contribution is 2.18. The summed E-state index contributed by atoms with van der Waals surface area (Å²) in [6.07, 6.45) is 92.5. The number of allylic oxidation sites excluding steroid dienone is 12. The van der Waals surface area contributed by atoms with Crippen molar-refractivity contribution < 1.29 is 28.6 Å². The van der Waals surface area contributed by atoms with E-state index in [1.807, 2.05) is 0 Å². The van der Waals surface area contributed by atoms with Gasteiger partial charge in [-0.15, -0.1) is 0 Å². The predicted octanol–water partition coefficient (Wildman–Crippen LogP) is 24.8. The zero-order valence-electron chi connectivity index (χ0n) is 54.8. The van der Waals surface area contributed by atoms with Gasteiger partial charge >= 0.3 is 17.9 Å². The Bertz CT molecular complexity index is 1500. The van der Waals surface area contributed by atoms with Crippen LogP contribution in [-0.2, 0) is 28.6 Å². The zero-order chi connectivity index (χ0) is 59.2. The van der Waals surface area contributed by atoms with Crippen LogP contribution in [0.2, 0.25) is 0 Å². The molecule has 0 saturated carbocycles. The van der Waals surface area contributed by atoms with Crippen molar-refractivity contribution in [3.8, 4) is 0 Å². The van der Waals surface area contributed by atoms with E-state index in [9.17, 15) is 14.4 Å². The lowest BCUT2D eigenvalue weighted by atomic mass is 10.0. The minimum Gasteiger partial charge on any atom is -0.462 e. The van der Waals surface area contributed by atoms with Crippen LogP contribution in [0.15, 0.2) is 72.9 Å². The normalized spacial score (nSPS) is 12.5. The third kappa shape index (κ3) is 67.6. The van der Waals surface area contributed by atoms with Crippen LogP contribution in [0.5, 0.6) is 0 Å². The van der Waals surface area contributed by atoms with Crippen molar-refractivity contribution in [3.63, 3.8) is 0 Å². The van der Waals surface area contributed by atoms with Gasteiger partial charge in [0, 0.05) is 19.3 Å². The van der Waals surface area contributed by atoms with Crippen molar-refractivity contribution in [2.75, 3.05) is 13.2 Å². The smallest absolute Gasteiger partial charge is 0.306 e. The average molecular weight is 1150 g/mol. The van der Waals surface area contributed by atoms with Gasteiger partial charge in [-0.05, 0) is 89.9 Å². The van der Waals surface area contributed by atoms with Crippen molar-refractivity contribution in [1.29, 1.82) is 0 Å². The molecule has 1 unspecified atom stereocenters.